The summed E-state index contributed by atoms with van der Waals surface area (Å²) in [5.74, 6) is 0.0113. The summed E-state index contributed by atoms with van der Waals surface area (Å²) >= 11 is 0. The lowest BCUT2D eigenvalue weighted by atomic mass is 10.1. The quantitative estimate of drug-likeness (QED) is 0.787. The Balaban J connectivity index is 2.18. The van der Waals surface area contributed by atoms with Crippen LogP contribution < -0.4 is 4.90 Å². The highest BCUT2D eigenvalue weighted by Crippen LogP contribution is 2.21. The third-order valence-corrected chi connectivity index (χ3v) is 3.51. The Morgan fingerprint density at radius 2 is 1.90 bits per heavy atom. The summed E-state index contributed by atoms with van der Waals surface area (Å²) < 4.78 is 0. The number of hydrogen-bond donors (Lipinski definition) is 0. The molecule has 106 valence electrons. The number of carbonyl (C=O) groups is 1. The molecule has 2 aromatic carbocycles. The molecule has 0 aliphatic heterocycles. The van der Waals surface area contributed by atoms with Crippen LogP contribution in [0, 0.1) is 11.3 Å². The van der Waals surface area contributed by atoms with E-state index >= 15 is 0 Å². The Hall–Kier alpha value is -2.60. The molecule has 0 spiro atoms. The zero-order valence-corrected chi connectivity index (χ0v) is 12.3. The fourth-order valence-electron chi connectivity index (χ4n) is 2.22. The molecule has 0 unspecified atom stereocenters. The first-order valence-corrected chi connectivity index (χ1v) is 6.92. The maximum Gasteiger partial charge on any atom is 0.159 e. The van der Waals surface area contributed by atoms with Crippen LogP contribution in [0.25, 0.3) is 0 Å². The van der Waals surface area contributed by atoms with Gasteiger partial charge in [-0.1, -0.05) is 30.3 Å². The van der Waals surface area contributed by atoms with Crippen molar-refractivity contribution in [2.75, 3.05) is 18.5 Å². The van der Waals surface area contributed by atoms with Crippen molar-refractivity contribution in [3.63, 3.8) is 0 Å². The van der Waals surface area contributed by atoms with E-state index in [1.165, 1.54) is 12.5 Å². The number of Topliss-reactive ketones (excluding diaryl/α,β-unsaturated/α-hetero) is 1. The van der Waals surface area contributed by atoms with Crippen LogP contribution in [-0.2, 0) is 6.42 Å². The predicted molar refractivity (Wildman–Crippen MR) is 84.6 cm³/mol. The number of carbonyl (C=O) groups excluding carboxylic acids is 1. The fraction of sp³-hybridized carbons (Fsp3) is 0.222. The molecule has 0 bridgehead atoms. The average Bonchev–Trinajstić information content (AvgIpc) is 2.52. The van der Waals surface area contributed by atoms with Crippen molar-refractivity contribution < 1.29 is 4.79 Å². The van der Waals surface area contributed by atoms with E-state index in [2.05, 4.69) is 18.2 Å². The van der Waals surface area contributed by atoms with Gasteiger partial charge in [0.15, 0.2) is 5.78 Å². The minimum Gasteiger partial charge on any atom is -0.373 e. The summed E-state index contributed by atoms with van der Waals surface area (Å²) in [4.78, 5) is 13.5. The molecule has 0 amide bonds. The van der Waals surface area contributed by atoms with Gasteiger partial charge >= 0.3 is 0 Å². The molecule has 0 aliphatic rings. The zero-order valence-electron chi connectivity index (χ0n) is 12.3. The van der Waals surface area contributed by atoms with E-state index in [1.807, 2.05) is 30.1 Å². The van der Waals surface area contributed by atoms with Crippen LogP contribution >= 0.6 is 0 Å². The van der Waals surface area contributed by atoms with Crippen LogP contribution in [0.1, 0.15) is 28.4 Å². The van der Waals surface area contributed by atoms with Crippen molar-refractivity contribution in [1.82, 2.24) is 0 Å². The summed E-state index contributed by atoms with van der Waals surface area (Å²) in [5, 5.41) is 9.22. The van der Waals surface area contributed by atoms with Crippen LogP contribution in [0.2, 0.25) is 0 Å². The van der Waals surface area contributed by atoms with E-state index in [0.717, 1.165) is 18.7 Å². The fourth-order valence-corrected chi connectivity index (χ4v) is 2.22. The number of benzene rings is 2. The minimum atomic E-state index is 0.0113. The molecule has 3 nitrogen and oxygen atoms in total. The van der Waals surface area contributed by atoms with Crippen molar-refractivity contribution in [1.29, 1.82) is 5.26 Å². The molecule has 0 radical (unpaired) electrons. The summed E-state index contributed by atoms with van der Waals surface area (Å²) in [7, 11) is 1.95. The highest BCUT2D eigenvalue weighted by Gasteiger charge is 2.10. The zero-order chi connectivity index (χ0) is 15.2. The van der Waals surface area contributed by atoms with E-state index in [-0.39, 0.29) is 5.78 Å². The first-order valence-electron chi connectivity index (χ1n) is 6.92. The lowest BCUT2D eigenvalue weighted by molar-refractivity contribution is 0.101. The number of hydrogen-bond acceptors (Lipinski definition) is 3. The van der Waals surface area contributed by atoms with E-state index in [9.17, 15) is 10.1 Å². The lowest BCUT2D eigenvalue weighted by Crippen LogP contribution is -2.21. The molecule has 0 atom stereocenters. The van der Waals surface area contributed by atoms with Gasteiger partial charge in [-0.2, -0.15) is 5.26 Å². The van der Waals surface area contributed by atoms with Crippen LogP contribution in [0.5, 0.6) is 0 Å². The number of likely N-dealkylation sites (N-methyl/N-ethyl adjacent to an activating group) is 1. The van der Waals surface area contributed by atoms with Crippen LogP contribution in [0.4, 0.5) is 5.69 Å². The molecule has 0 N–H and O–H groups in total. The average molecular weight is 278 g/mol. The number of nitriles is 1. The number of rotatable bonds is 5. The second-order valence-corrected chi connectivity index (χ2v) is 5.06. The second kappa shape index (κ2) is 6.71. The predicted octanol–water partition coefficient (Wildman–Crippen LogP) is 3.44. The SMILES string of the molecule is CC(=O)c1ccc(C#N)c(N(C)CCc2ccccc2)c1. The Labute approximate surface area is 125 Å². The first kappa shape index (κ1) is 14.8. The van der Waals surface area contributed by atoms with Gasteiger partial charge < -0.3 is 4.90 Å². The van der Waals surface area contributed by atoms with Crippen molar-refractivity contribution in [3.8, 4) is 6.07 Å². The van der Waals surface area contributed by atoms with Gasteiger partial charge in [-0.25, -0.2) is 0 Å². The van der Waals surface area contributed by atoms with E-state index in [4.69, 9.17) is 0 Å². The molecule has 0 saturated heterocycles. The van der Waals surface area contributed by atoms with E-state index in [1.54, 1.807) is 18.2 Å². The van der Waals surface area contributed by atoms with Crippen LogP contribution in [0.3, 0.4) is 0 Å². The van der Waals surface area contributed by atoms with Gasteiger partial charge in [0, 0.05) is 19.2 Å². The molecule has 0 fully saturated rings. The van der Waals surface area contributed by atoms with Crippen molar-refractivity contribution in [2.24, 2.45) is 0 Å². The molecule has 0 saturated carbocycles. The van der Waals surface area contributed by atoms with Gasteiger partial charge in [0.2, 0.25) is 0 Å². The maximum absolute atomic E-state index is 11.5. The smallest absolute Gasteiger partial charge is 0.159 e. The summed E-state index contributed by atoms with van der Waals surface area (Å²) in [6.07, 6.45) is 0.895. The van der Waals surface area contributed by atoms with Crippen LogP contribution in [0.15, 0.2) is 48.5 Å². The molecular formula is C18H18N2O. The molecule has 2 rings (SSSR count). The Bertz CT molecular complexity index is 671. The normalized spacial score (nSPS) is 9.95. The second-order valence-electron chi connectivity index (χ2n) is 5.06. The van der Waals surface area contributed by atoms with Gasteiger partial charge in [-0.3, -0.25) is 4.79 Å². The highest BCUT2D eigenvalue weighted by molar-refractivity contribution is 5.95. The first-order chi connectivity index (χ1) is 10.1. The number of anilines is 1. The summed E-state index contributed by atoms with van der Waals surface area (Å²) in [6.45, 7) is 2.33. The molecular weight excluding hydrogens is 260 g/mol. The molecule has 21 heavy (non-hydrogen) atoms. The standard InChI is InChI=1S/C18H18N2O/c1-14(21)16-8-9-17(13-19)18(12-16)20(2)11-10-15-6-4-3-5-7-15/h3-9,12H,10-11H2,1-2H3. The molecule has 0 aliphatic carbocycles. The van der Waals surface area contributed by atoms with Crippen molar-refractivity contribution >= 4 is 11.5 Å². The van der Waals surface area contributed by atoms with Gasteiger partial charge in [-0.15, -0.1) is 0 Å². The molecule has 0 heterocycles. The van der Waals surface area contributed by atoms with Gasteiger partial charge in [0.1, 0.15) is 6.07 Å². The Morgan fingerprint density at radius 1 is 1.19 bits per heavy atom. The van der Waals surface area contributed by atoms with Gasteiger partial charge in [-0.05, 0) is 37.1 Å². The minimum absolute atomic E-state index is 0.0113. The van der Waals surface area contributed by atoms with Crippen molar-refractivity contribution in [3.05, 3.63) is 65.2 Å². The topological polar surface area (TPSA) is 44.1 Å². The summed E-state index contributed by atoms with van der Waals surface area (Å²) in [6, 6.07) is 17.6. The third kappa shape index (κ3) is 3.70. The number of ketones is 1. The monoisotopic (exact) mass is 278 g/mol. The Kier molecular flexibility index (Phi) is 4.73. The van der Waals surface area contributed by atoms with E-state index in [0.29, 0.717) is 11.1 Å². The number of nitrogens with zero attached hydrogens (tertiary/aromatic N) is 2. The molecule has 0 aromatic heterocycles. The van der Waals surface area contributed by atoms with Gasteiger partial charge in [0.05, 0.1) is 11.3 Å². The largest absolute Gasteiger partial charge is 0.373 e. The highest BCUT2D eigenvalue weighted by atomic mass is 16.1. The lowest BCUT2D eigenvalue weighted by Gasteiger charge is -2.21. The van der Waals surface area contributed by atoms with Gasteiger partial charge in [0.25, 0.3) is 0 Å². The summed E-state index contributed by atoms with van der Waals surface area (Å²) in [5.41, 5.74) is 3.29. The Morgan fingerprint density at radius 3 is 2.52 bits per heavy atom. The van der Waals surface area contributed by atoms with Crippen LogP contribution in [-0.4, -0.2) is 19.4 Å². The molecule has 2 aromatic rings. The third-order valence-electron chi connectivity index (χ3n) is 3.51. The van der Waals surface area contributed by atoms with E-state index < -0.39 is 0 Å². The molecule has 3 heteroatoms. The van der Waals surface area contributed by atoms with Crippen molar-refractivity contribution in [2.45, 2.75) is 13.3 Å². The maximum atomic E-state index is 11.5.